The van der Waals surface area contributed by atoms with Crippen LogP contribution in [0.3, 0.4) is 0 Å². The van der Waals surface area contributed by atoms with Gasteiger partial charge >= 0.3 is 0 Å². The third kappa shape index (κ3) is 3.89. The zero-order chi connectivity index (χ0) is 16.9. The largest absolute Gasteiger partial charge is 0.365 e. The van der Waals surface area contributed by atoms with Gasteiger partial charge < -0.3 is 10.6 Å². The van der Waals surface area contributed by atoms with Gasteiger partial charge in [0, 0.05) is 23.5 Å². The highest BCUT2D eigenvalue weighted by Crippen LogP contribution is 2.27. The monoisotopic (exact) mass is 340 g/mol. The van der Waals surface area contributed by atoms with E-state index in [-0.39, 0.29) is 5.91 Å². The molecule has 2 heterocycles. The van der Waals surface area contributed by atoms with Gasteiger partial charge in [-0.2, -0.15) is 0 Å². The number of hydrogen-bond acceptors (Lipinski definition) is 5. The van der Waals surface area contributed by atoms with Crippen LogP contribution in [0.5, 0.6) is 0 Å². The van der Waals surface area contributed by atoms with Crippen LogP contribution in [0.4, 0.5) is 11.5 Å². The Kier molecular flexibility index (Phi) is 5.05. The van der Waals surface area contributed by atoms with Crippen LogP contribution in [-0.4, -0.2) is 15.9 Å². The fourth-order valence-electron chi connectivity index (χ4n) is 2.46. The van der Waals surface area contributed by atoms with Crippen LogP contribution >= 0.6 is 11.3 Å². The van der Waals surface area contributed by atoms with E-state index < -0.39 is 0 Å². The number of fused-ring (bicyclic) bond motifs is 1. The summed E-state index contributed by atoms with van der Waals surface area (Å²) in [6.45, 7) is 4.74. The highest BCUT2D eigenvalue weighted by molar-refractivity contribution is 7.18. The van der Waals surface area contributed by atoms with Gasteiger partial charge in [-0.3, -0.25) is 4.79 Å². The van der Waals surface area contributed by atoms with E-state index in [9.17, 15) is 4.79 Å². The van der Waals surface area contributed by atoms with Gasteiger partial charge in [0.1, 0.15) is 17.0 Å². The van der Waals surface area contributed by atoms with Gasteiger partial charge in [-0.25, -0.2) is 9.97 Å². The van der Waals surface area contributed by atoms with Crippen molar-refractivity contribution >= 4 is 39.0 Å². The molecule has 0 aliphatic rings. The molecule has 0 spiro atoms. The Morgan fingerprint density at radius 3 is 2.75 bits per heavy atom. The first-order valence-corrected chi connectivity index (χ1v) is 8.81. The predicted octanol–water partition coefficient (Wildman–Crippen LogP) is 4.35. The van der Waals surface area contributed by atoms with Gasteiger partial charge in [-0.1, -0.05) is 19.1 Å². The molecule has 0 saturated heterocycles. The number of aryl methyl sites for hydroxylation is 1. The topological polar surface area (TPSA) is 66.9 Å². The molecule has 2 N–H and O–H groups in total. The van der Waals surface area contributed by atoms with Gasteiger partial charge in [0.25, 0.3) is 0 Å². The number of carbonyl (C=O) groups is 1. The minimum Gasteiger partial charge on any atom is -0.365 e. The van der Waals surface area contributed by atoms with E-state index in [2.05, 4.69) is 33.6 Å². The molecule has 0 radical (unpaired) electrons. The standard InChI is InChI=1S/C18H20N4OS/c1-3-4-16(23)22-14-7-5-13(6-8-14)10-19-17-15-9-12(2)24-18(15)21-11-20-17/h5-9,11H,3-4,10H2,1-2H3,(H,22,23)(H,19,20,21). The third-order valence-electron chi connectivity index (χ3n) is 3.63. The van der Waals surface area contributed by atoms with Gasteiger partial charge in [0.2, 0.25) is 5.91 Å². The zero-order valence-corrected chi connectivity index (χ0v) is 14.6. The molecule has 24 heavy (non-hydrogen) atoms. The average Bonchev–Trinajstić information content (AvgIpc) is 2.95. The van der Waals surface area contributed by atoms with Gasteiger partial charge in [0.15, 0.2) is 0 Å². The number of nitrogens with zero attached hydrogens (tertiary/aromatic N) is 2. The number of thiophene rings is 1. The minimum absolute atomic E-state index is 0.0552. The predicted molar refractivity (Wildman–Crippen MR) is 99.5 cm³/mol. The summed E-state index contributed by atoms with van der Waals surface area (Å²) in [5.74, 6) is 0.907. The molecule has 3 aromatic rings. The molecule has 1 aromatic carbocycles. The Morgan fingerprint density at radius 1 is 1.21 bits per heavy atom. The normalized spacial score (nSPS) is 10.8. The smallest absolute Gasteiger partial charge is 0.224 e. The molecule has 124 valence electrons. The molecule has 1 amide bonds. The molecule has 0 bridgehead atoms. The van der Waals surface area contributed by atoms with Gasteiger partial charge in [-0.05, 0) is 37.1 Å². The van der Waals surface area contributed by atoms with E-state index in [4.69, 9.17) is 0 Å². The van der Waals surface area contributed by atoms with E-state index in [1.165, 1.54) is 4.88 Å². The van der Waals surface area contributed by atoms with Crippen molar-refractivity contribution < 1.29 is 4.79 Å². The fourth-order valence-corrected chi connectivity index (χ4v) is 3.31. The lowest BCUT2D eigenvalue weighted by molar-refractivity contribution is -0.116. The van der Waals surface area contributed by atoms with Gasteiger partial charge in [0.05, 0.1) is 5.39 Å². The Bertz CT molecular complexity index is 842. The van der Waals surface area contributed by atoms with Crippen LogP contribution < -0.4 is 10.6 Å². The molecule has 0 atom stereocenters. The summed E-state index contributed by atoms with van der Waals surface area (Å²) in [5, 5.41) is 7.32. The van der Waals surface area contributed by atoms with Crippen molar-refractivity contribution in [2.24, 2.45) is 0 Å². The molecule has 0 aliphatic heterocycles. The van der Waals surface area contributed by atoms with Crippen LogP contribution in [-0.2, 0) is 11.3 Å². The summed E-state index contributed by atoms with van der Waals surface area (Å²) in [6.07, 6.45) is 2.99. The van der Waals surface area contributed by atoms with Crippen molar-refractivity contribution in [1.29, 1.82) is 0 Å². The number of hydrogen-bond donors (Lipinski definition) is 2. The molecule has 2 aromatic heterocycles. The van der Waals surface area contributed by atoms with Crippen LogP contribution in [0.2, 0.25) is 0 Å². The summed E-state index contributed by atoms with van der Waals surface area (Å²) >= 11 is 1.67. The SMILES string of the molecule is CCCC(=O)Nc1ccc(CNc2ncnc3sc(C)cc23)cc1. The first-order chi connectivity index (χ1) is 11.7. The molecule has 6 heteroatoms. The lowest BCUT2D eigenvalue weighted by Crippen LogP contribution is -2.10. The Labute approximate surface area is 145 Å². The maximum atomic E-state index is 11.6. The Balaban J connectivity index is 1.65. The summed E-state index contributed by atoms with van der Waals surface area (Å²) in [7, 11) is 0. The molecule has 0 fully saturated rings. The van der Waals surface area contributed by atoms with Gasteiger partial charge in [-0.15, -0.1) is 11.3 Å². The van der Waals surface area contributed by atoms with Crippen molar-refractivity contribution in [3.63, 3.8) is 0 Å². The number of benzene rings is 1. The van der Waals surface area contributed by atoms with E-state index in [1.807, 2.05) is 31.2 Å². The van der Waals surface area contributed by atoms with Crippen LogP contribution in [0, 0.1) is 6.92 Å². The Hall–Kier alpha value is -2.47. The first kappa shape index (κ1) is 16.4. The van der Waals surface area contributed by atoms with Crippen molar-refractivity contribution in [2.75, 3.05) is 10.6 Å². The maximum absolute atomic E-state index is 11.6. The highest BCUT2D eigenvalue weighted by Gasteiger charge is 2.07. The molecule has 0 aliphatic carbocycles. The summed E-state index contributed by atoms with van der Waals surface area (Å²) in [5.41, 5.74) is 1.96. The van der Waals surface area contributed by atoms with E-state index >= 15 is 0 Å². The highest BCUT2D eigenvalue weighted by atomic mass is 32.1. The lowest BCUT2D eigenvalue weighted by Gasteiger charge is -2.08. The maximum Gasteiger partial charge on any atom is 0.224 e. The zero-order valence-electron chi connectivity index (χ0n) is 13.8. The number of nitrogens with one attached hydrogen (secondary N) is 2. The third-order valence-corrected chi connectivity index (χ3v) is 4.59. The Morgan fingerprint density at radius 2 is 2.00 bits per heavy atom. The van der Waals surface area contributed by atoms with Crippen molar-refractivity contribution in [3.8, 4) is 0 Å². The molecule has 5 nitrogen and oxygen atoms in total. The summed E-state index contributed by atoms with van der Waals surface area (Å²) in [6, 6.07) is 9.97. The van der Waals surface area contributed by atoms with Crippen molar-refractivity contribution in [1.82, 2.24) is 9.97 Å². The quantitative estimate of drug-likeness (QED) is 0.700. The number of amides is 1. The summed E-state index contributed by atoms with van der Waals surface area (Å²) in [4.78, 5) is 22.5. The molecule has 3 rings (SSSR count). The summed E-state index contributed by atoms with van der Waals surface area (Å²) < 4.78 is 0. The first-order valence-electron chi connectivity index (χ1n) is 7.99. The van der Waals surface area contributed by atoms with Crippen LogP contribution in [0.25, 0.3) is 10.2 Å². The van der Waals surface area contributed by atoms with Crippen molar-refractivity contribution in [2.45, 2.75) is 33.2 Å². The molecular weight excluding hydrogens is 320 g/mol. The molecule has 0 saturated carbocycles. The second-order valence-electron chi connectivity index (χ2n) is 5.65. The number of carbonyl (C=O) groups excluding carboxylic acids is 1. The fraction of sp³-hybridized carbons (Fsp3) is 0.278. The van der Waals surface area contributed by atoms with E-state index in [0.717, 1.165) is 33.7 Å². The molecule has 0 unspecified atom stereocenters. The second-order valence-corrected chi connectivity index (χ2v) is 6.88. The van der Waals surface area contributed by atoms with E-state index in [1.54, 1.807) is 17.7 Å². The van der Waals surface area contributed by atoms with Crippen molar-refractivity contribution in [3.05, 3.63) is 47.1 Å². The average molecular weight is 340 g/mol. The minimum atomic E-state index is 0.0552. The number of anilines is 2. The number of rotatable bonds is 6. The second kappa shape index (κ2) is 7.40. The van der Waals surface area contributed by atoms with Crippen LogP contribution in [0.15, 0.2) is 36.7 Å². The van der Waals surface area contributed by atoms with Crippen LogP contribution in [0.1, 0.15) is 30.2 Å². The van der Waals surface area contributed by atoms with E-state index in [0.29, 0.717) is 13.0 Å². The lowest BCUT2D eigenvalue weighted by atomic mass is 10.2. The molecular formula is C18H20N4OS. The number of aromatic nitrogens is 2.